The van der Waals surface area contributed by atoms with Crippen molar-refractivity contribution in [3.05, 3.63) is 70.7 Å². The van der Waals surface area contributed by atoms with Gasteiger partial charge in [-0.3, -0.25) is 0 Å². The highest BCUT2D eigenvalue weighted by Gasteiger charge is 2.35. The number of hydrogen-bond acceptors (Lipinski definition) is 8. The molecule has 13 heteroatoms. The van der Waals surface area contributed by atoms with Crippen molar-refractivity contribution < 1.29 is 21.6 Å². The van der Waals surface area contributed by atoms with E-state index in [1.807, 2.05) is 13.0 Å². The number of rotatable bonds is 6. The molecule has 0 aliphatic carbocycles. The number of fused-ring (bicyclic) bond motifs is 1. The van der Waals surface area contributed by atoms with Gasteiger partial charge in [0.2, 0.25) is 16.0 Å². The van der Waals surface area contributed by atoms with Gasteiger partial charge in [0.05, 0.1) is 34.0 Å². The highest BCUT2D eigenvalue weighted by atomic mass is 32.2. The van der Waals surface area contributed by atoms with E-state index < -0.39 is 27.7 Å². The van der Waals surface area contributed by atoms with Gasteiger partial charge in [0, 0.05) is 38.3 Å². The SMILES string of the molecule is C[C@@H](Nc1ncc(C#N)c(C2CNc3ncc(C(F)(F)F)cc32)n1)c1ccc(S(=O)(=O)N(C)C)cc1. The molecule has 3 heterocycles. The van der Waals surface area contributed by atoms with Gasteiger partial charge in [0.15, 0.2) is 0 Å². The summed E-state index contributed by atoms with van der Waals surface area (Å²) in [7, 11) is -0.662. The summed E-state index contributed by atoms with van der Waals surface area (Å²) >= 11 is 0. The molecule has 188 valence electrons. The summed E-state index contributed by atoms with van der Waals surface area (Å²) in [6.07, 6.45) is -2.46. The highest BCUT2D eigenvalue weighted by molar-refractivity contribution is 7.89. The van der Waals surface area contributed by atoms with E-state index in [2.05, 4.69) is 25.6 Å². The second-order valence-corrected chi connectivity index (χ2v) is 10.6. The van der Waals surface area contributed by atoms with Gasteiger partial charge in [-0.2, -0.15) is 18.4 Å². The lowest BCUT2D eigenvalue weighted by molar-refractivity contribution is -0.137. The second kappa shape index (κ2) is 9.36. The Morgan fingerprint density at radius 2 is 1.89 bits per heavy atom. The van der Waals surface area contributed by atoms with E-state index in [-0.39, 0.29) is 34.7 Å². The number of hydrogen-bond donors (Lipinski definition) is 2. The van der Waals surface area contributed by atoms with Crippen molar-refractivity contribution in [2.24, 2.45) is 0 Å². The number of aromatic nitrogens is 3. The summed E-state index contributed by atoms with van der Waals surface area (Å²) in [4.78, 5) is 12.7. The van der Waals surface area contributed by atoms with Crippen LogP contribution in [0.4, 0.5) is 24.9 Å². The monoisotopic (exact) mass is 517 g/mol. The zero-order chi connectivity index (χ0) is 26.3. The molecule has 1 aromatic carbocycles. The topological polar surface area (TPSA) is 124 Å². The average Bonchev–Trinajstić information content (AvgIpc) is 3.26. The Balaban J connectivity index is 1.61. The first-order valence-electron chi connectivity index (χ1n) is 10.8. The highest BCUT2D eigenvalue weighted by Crippen LogP contribution is 2.39. The molecule has 0 bridgehead atoms. The fraction of sp³-hybridized carbons (Fsp3) is 0.304. The third-order valence-electron chi connectivity index (χ3n) is 5.87. The maximum Gasteiger partial charge on any atom is 0.417 e. The number of sulfonamides is 1. The predicted octanol–water partition coefficient (Wildman–Crippen LogP) is 3.74. The van der Waals surface area contributed by atoms with Gasteiger partial charge < -0.3 is 10.6 Å². The molecule has 3 aromatic rings. The van der Waals surface area contributed by atoms with Crippen molar-refractivity contribution >= 4 is 21.8 Å². The van der Waals surface area contributed by atoms with Crippen LogP contribution in [0.15, 0.2) is 47.6 Å². The van der Waals surface area contributed by atoms with Crippen molar-refractivity contribution in [2.75, 3.05) is 31.3 Å². The van der Waals surface area contributed by atoms with Gasteiger partial charge in [0.25, 0.3) is 0 Å². The quantitative estimate of drug-likeness (QED) is 0.507. The van der Waals surface area contributed by atoms with Gasteiger partial charge in [-0.1, -0.05) is 12.1 Å². The van der Waals surface area contributed by atoms with Crippen molar-refractivity contribution in [3.63, 3.8) is 0 Å². The van der Waals surface area contributed by atoms with E-state index in [9.17, 15) is 26.9 Å². The molecule has 4 rings (SSSR count). The fourth-order valence-electron chi connectivity index (χ4n) is 3.84. The van der Waals surface area contributed by atoms with Gasteiger partial charge in [0.1, 0.15) is 11.9 Å². The number of nitrogens with one attached hydrogen (secondary N) is 2. The Morgan fingerprint density at radius 1 is 1.19 bits per heavy atom. The molecule has 0 radical (unpaired) electrons. The predicted molar refractivity (Wildman–Crippen MR) is 126 cm³/mol. The minimum absolute atomic E-state index is 0.142. The van der Waals surface area contributed by atoms with E-state index in [4.69, 9.17) is 0 Å². The number of nitrogens with zero attached hydrogens (tertiary/aromatic N) is 5. The number of nitriles is 1. The largest absolute Gasteiger partial charge is 0.417 e. The first-order chi connectivity index (χ1) is 16.9. The Bertz CT molecular complexity index is 1440. The third-order valence-corrected chi connectivity index (χ3v) is 7.70. The summed E-state index contributed by atoms with van der Waals surface area (Å²) < 4.78 is 65.4. The number of anilines is 2. The number of alkyl halides is 3. The normalized spacial score (nSPS) is 16.2. The lowest BCUT2D eigenvalue weighted by atomic mass is 9.95. The molecule has 0 spiro atoms. The number of pyridine rings is 1. The molecule has 36 heavy (non-hydrogen) atoms. The molecule has 1 aliphatic heterocycles. The average molecular weight is 518 g/mol. The molecule has 2 aromatic heterocycles. The smallest absolute Gasteiger partial charge is 0.369 e. The third kappa shape index (κ3) is 4.82. The minimum Gasteiger partial charge on any atom is -0.369 e. The Labute approximate surface area is 206 Å². The van der Waals surface area contributed by atoms with Crippen LogP contribution in [-0.4, -0.2) is 48.3 Å². The lowest BCUT2D eigenvalue weighted by Crippen LogP contribution is -2.22. The summed E-state index contributed by atoms with van der Waals surface area (Å²) in [5.74, 6) is -0.139. The van der Waals surface area contributed by atoms with Crippen molar-refractivity contribution in [3.8, 4) is 6.07 Å². The van der Waals surface area contributed by atoms with Crippen LogP contribution in [0.5, 0.6) is 0 Å². The molecule has 2 atom stereocenters. The van der Waals surface area contributed by atoms with Crippen LogP contribution in [0, 0.1) is 11.3 Å². The van der Waals surface area contributed by atoms with Crippen LogP contribution in [0.1, 0.15) is 46.8 Å². The van der Waals surface area contributed by atoms with E-state index in [1.165, 1.54) is 32.4 Å². The Morgan fingerprint density at radius 3 is 2.50 bits per heavy atom. The Kier molecular flexibility index (Phi) is 6.59. The number of halogens is 3. The molecule has 0 fully saturated rings. The lowest BCUT2D eigenvalue weighted by Gasteiger charge is -2.18. The molecule has 1 unspecified atom stereocenters. The second-order valence-electron chi connectivity index (χ2n) is 8.42. The fourth-order valence-corrected chi connectivity index (χ4v) is 4.74. The van der Waals surface area contributed by atoms with Crippen LogP contribution in [0.3, 0.4) is 0 Å². The summed E-state index contributed by atoms with van der Waals surface area (Å²) in [5.41, 5.74) is 0.602. The van der Waals surface area contributed by atoms with Gasteiger partial charge in [-0.05, 0) is 30.7 Å². The van der Waals surface area contributed by atoms with Crippen LogP contribution in [-0.2, 0) is 16.2 Å². The van der Waals surface area contributed by atoms with Crippen LogP contribution in [0.25, 0.3) is 0 Å². The summed E-state index contributed by atoms with van der Waals surface area (Å²) in [6.45, 7) is 2.05. The molecule has 0 amide bonds. The van der Waals surface area contributed by atoms with Crippen molar-refractivity contribution in [1.82, 2.24) is 19.3 Å². The summed E-state index contributed by atoms with van der Waals surface area (Å²) in [5, 5.41) is 15.6. The molecular weight excluding hydrogens is 495 g/mol. The van der Waals surface area contributed by atoms with E-state index in [0.29, 0.717) is 11.4 Å². The van der Waals surface area contributed by atoms with Gasteiger partial charge in [-0.15, -0.1) is 0 Å². The van der Waals surface area contributed by atoms with E-state index in [0.717, 1.165) is 22.1 Å². The maximum absolute atomic E-state index is 13.2. The zero-order valence-corrected chi connectivity index (χ0v) is 20.3. The van der Waals surface area contributed by atoms with Gasteiger partial charge in [-0.25, -0.2) is 27.7 Å². The van der Waals surface area contributed by atoms with Crippen LogP contribution < -0.4 is 10.6 Å². The first kappa shape index (κ1) is 25.3. The van der Waals surface area contributed by atoms with Gasteiger partial charge >= 0.3 is 6.18 Å². The minimum atomic E-state index is -4.55. The number of benzene rings is 1. The summed E-state index contributed by atoms with van der Waals surface area (Å²) in [6, 6.07) is 9.02. The first-order valence-corrected chi connectivity index (χ1v) is 12.2. The standard InChI is InChI=1S/C23H22F3N7O2S/c1-13(14-4-6-17(7-5-14)36(34,35)33(2)3)31-22-30-10-15(9-27)20(32-22)19-12-29-21-18(19)8-16(11-28-21)23(24,25)26/h4-8,10-11,13,19H,12H2,1-3H3,(H,28,29)(H,30,31,32)/t13-,19?/m1/s1. The Hall–Kier alpha value is -3.76. The molecule has 9 nitrogen and oxygen atoms in total. The van der Waals surface area contributed by atoms with E-state index in [1.54, 1.807) is 12.1 Å². The molecule has 0 saturated heterocycles. The molecule has 1 aliphatic rings. The van der Waals surface area contributed by atoms with Crippen molar-refractivity contribution in [2.45, 2.75) is 30.0 Å². The van der Waals surface area contributed by atoms with E-state index >= 15 is 0 Å². The molecular formula is C23H22F3N7O2S. The van der Waals surface area contributed by atoms with Crippen LogP contribution in [0.2, 0.25) is 0 Å². The molecule has 0 saturated carbocycles. The maximum atomic E-state index is 13.2. The van der Waals surface area contributed by atoms with Crippen molar-refractivity contribution in [1.29, 1.82) is 5.26 Å². The zero-order valence-electron chi connectivity index (χ0n) is 19.5. The molecule has 2 N–H and O–H groups in total. The van der Waals surface area contributed by atoms with Crippen LogP contribution >= 0.6 is 0 Å².